The van der Waals surface area contributed by atoms with Crippen molar-refractivity contribution in [3.63, 3.8) is 0 Å². The first-order chi connectivity index (χ1) is 13.2. The highest BCUT2D eigenvalue weighted by atomic mass is 32.2. The van der Waals surface area contributed by atoms with Crippen molar-refractivity contribution in [2.75, 3.05) is 12.0 Å². The van der Waals surface area contributed by atoms with E-state index >= 15 is 0 Å². The zero-order valence-corrected chi connectivity index (χ0v) is 15.1. The van der Waals surface area contributed by atoms with Crippen LogP contribution in [0.1, 0.15) is 6.42 Å². The van der Waals surface area contributed by atoms with Gasteiger partial charge in [-0.25, -0.2) is 9.88 Å². The Labute approximate surface area is 159 Å². The van der Waals surface area contributed by atoms with E-state index in [9.17, 15) is 9.59 Å². The molecule has 136 valence electrons. The van der Waals surface area contributed by atoms with Gasteiger partial charge in [0.1, 0.15) is 11.0 Å². The van der Waals surface area contributed by atoms with Gasteiger partial charge in [0.25, 0.3) is 0 Å². The number of anilines is 1. The normalized spacial score (nSPS) is 16.8. The predicted octanol–water partition coefficient (Wildman–Crippen LogP) is 2.30. The van der Waals surface area contributed by atoms with Gasteiger partial charge in [0.05, 0.1) is 12.8 Å². The first kappa shape index (κ1) is 17.2. The Morgan fingerprint density at radius 3 is 2.59 bits per heavy atom. The molecule has 1 aromatic carbocycles. The molecule has 1 aliphatic heterocycles. The lowest BCUT2D eigenvalue weighted by atomic mass is 10.3. The van der Waals surface area contributed by atoms with E-state index in [0.29, 0.717) is 22.4 Å². The van der Waals surface area contributed by atoms with Gasteiger partial charge in [-0.15, -0.1) is 5.10 Å². The molecule has 1 saturated heterocycles. The fraction of sp³-hybridized carbons (Fsp3) is 0.167. The van der Waals surface area contributed by atoms with Crippen LogP contribution in [0.15, 0.2) is 53.9 Å². The summed E-state index contributed by atoms with van der Waals surface area (Å²) in [6, 6.07) is 10.4. The van der Waals surface area contributed by atoms with E-state index in [-0.39, 0.29) is 18.2 Å². The molecule has 1 N–H and O–H groups in total. The highest BCUT2D eigenvalue weighted by Gasteiger charge is 2.40. The van der Waals surface area contributed by atoms with Gasteiger partial charge in [-0.2, -0.15) is 0 Å². The summed E-state index contributed by atoms with van der Waals surface area (Å²) < 4.78 is 5.11. The lowest BCUT2D eigenvalue weighted by Gasteiger charge is -2.14. The molecule has 9 heteroatoms. The topological polar surface area (TPSA) is 101 Å². The Morgan fingerprint density at radius 2 is 1.89 bits per heavy atom. The van der Waals surface area contributed by atoms with Gasteiger partial charge in [-0.1, -0.05) is 11.8 Å². The molecule has 1 fully saturated rings. The highest BCUT2D eigenvalue weighted by molar-refractivity contribution is 8.00. The summed E-state index contributed by atoms with van der Waals surface area (Å²) in [4.78, 5) is 34.7. The second-order valence-electron chi connectivity index (χ2n) is 5.78. The predicted molar refractivity (Wildman–Crippen MR) is 99.4 cm³/mol. The van der Waals surface area contributed by atoms with Crippen molar-refractivity contribution >= 4 is 29.3 Å². The summed E-state index contributed by atoms with van der Waals surface area (Å²) in [6.45, 7) is 0. The molecule has 2 amide bonds. The molecular weight excluding hydrogens is 366 g/mol. The van der Waals surface area contributed by atoms with Crippen LogP contribution in [0, 0.1) is 0 Å². The average molecular weight is 381 g/mol. The van der Waals surface area contributed by atoms with E-state index in [4.69, 9.17) is 4.74 Å². The van der Waals surface area contributed by atoms with Gasteiger partial charge in [0.15, 0.2) is 5.82 Å². The summed E-state index contributed by atoms with van der Waals surface area (Å²) in [5.74, 6) is 0.731. The Bertz CT molecular complexity index is 974. The van der Waals surface area contributed by atoms with Crippen LogP contribution in [0.5, 0.6) is 5.75 Å². The van der Waals surface area contributed by atoms with Crippen molar-refractivity contribution in [2.24, 2.45) is 0 Å². The second-order valence-corrected chi connectivity index (χ2v) is 6.95. The first-order valence-corrected chi connectivity index (χ1v) is 9.04. The number of imide groups is 1. The zero-order chi connectivity index (χ0) is 18.8. The van der Waals surface area contributed by atoms with Crippen LogP contribution in [0.3, 0.4) is 0 Å². The molecule has 0 bridgehead atoms. The molecule has 8 nitrogen and oxygen atoms in total. The molecule has 0 aliphatic carbocycles. The van der Waals surface area contributed by atoms with Crippen molar-refractivity contribution in [2.45, 2.75) is 16.8 Å². The standard InChI is InChI=1S/C18H15N5O3S/c1-26-13-4-2-12(3-5-13)23-15(24)10-14(17(23)25)27-18-20-16(21-22-18)11-6-8-19-9-7-11/h2-9,14H,10H2,1H3,(H,20,21,22). The van der Waals surface area contributed by atoms with Crippen molar-refractivity contribution in [3.05, 3.63) is 48.8 Å². The molecule has 0 saturated carbocycles. The maximum Gasteiger partial charge on any atom is 0.247 e. The highest BCUT2D eigenvalue weighted by Crippen LogP contribution is 2.33. The van der Waals surface area contributed by atoms with Crippen molar-refractivity contribution < 1.29 is 14.3 Å². The van der Waals surface area contributed by atoms with Gasteiger partial charge >= 0.3 is 0 Å². The number of pyridine rings is 1. The summed E-state index contributed by atoms with van der Waals surface area (Å²) in [6.07, 6.45) is 3.43. The number of thioether (sulfide) groups is 1. The molecule has 0 radical (unpaired) electrons. The van der Waals surface area contributed by atoms with Crippen molar-refractivity contribution in [1.82, 2.24) is 20.2 Å². The number of carbonyl (C=O) groups excluding carboxylic acids is 2. The van der Waals surface area contributed by atoms with Crippen LogP contribution in [0.4, 0.5) is 5.69 Å². The maximum absolute atomic E-state index is 12.7. The Hall–Kier alpha value is -3.20. The monoisotopic (exact) mass is 381 g/mol. The molecule has 4 rings (SSSR count). The van der Waals surface area contributed by atoms with Crippen molar-refractivity contribution in [1.29, 1.82) is 0 Å². The smallest absolute Gasteiger partial charge is 0.247 e. The lowest BCUT2D eigenvalue weighted by Crippen LogP contribution is -2.31. The van der Waals surface area contributed by atoms with Crippen LogP contribution in [0.25, 0.3) is 11.4 Å². The number of H-pyrrole nitrogens is 1. The summed E-state index contributed by atoms with van der Waals surface area (Å²) in [5.41, 5.74) is 1.37. The van der Waals surface area contributed by atoms with Crippen LogP contribution in [-0.4, -0.2) is 44.3 Å². The minimum absolute atomic E-state index is 0.106. The first-order valence-electron chi connectivity index (χ1n) is 8.16. The number of nitrogens with zero attached hydrogens (tertiary/aromatic N) is 4. The number of methoxy groups -OCH3 is 1. The van der Waals surface area contributed by atoms with E-state index in [0.717, 1.165) is 5.56 Å². The zero-order valence-electron chi connectivity index (χ0n) is 14.3. The molecule has 2 aromatic heterocycles. The van der Waals surface area contributed by atoms with Crippen LogP contribution in [0.2, 0.25) is 0 Å². The number of aromatic amines is 1. The second kappa shape index (κ2) is 7.20. The van der Waals surface area contributed by atoms with Crippen molar-refractivity contribution in [3.8, 4) is 17.1 Å². The minimum atomic E-state index is -0.555. The number of aromatic nitrogens is 4. The van der Waals surface area contributed by atoms with E-state index in [2.05, 4.69) is 20.2 Å². The van der Waals surface area contributed by atoms with Gasteiger partial charge in [-0.3, -0.25) is 19.7 Å². The number of ether oxygens (including phenoxy) is 1. The molecule has 1 aliphatic rings. The van der Waals surface area contributed by atoms with E-state index in [1.807, 2.05) is 12.1 Å². The number of benzene rings is 1. The van der Waals surface area contributed by atoms with E-state index in [1.54, 1.807) is 43.8 Å². The summed E-state index contributed by atoms with van der Waals surface area (Å²) in [7, 11) is 1.56. The molecule has 3 aromatic rings. The maximum atomic E-state index is 12.7. The van der Waals surface area contributed by atoms with Gasteiger partial charge in [0.2, 0.25) is 17.0 Å². The minimum Gasteiger partial charge on any atom is -0.497 e. The quantitative estimate of drug-likeness (QED) is 0.677. The third kappa shape index (κ3) is 3.41. The number of nitrogens with one attached hydrogen (secondary N) is 1. The third-order valence-corrected chi connectivity index (χ3v) is 5.15. The van der Waals surface area contributed by atoms with E-state index < -0.39 is 5.25 Å². The SMILES string of the molecule is COc1ccc(N2C(=O)CC(Sc3n[nH]c(-c4ccncc4)n3)C2=O)cc1. The summed E-state index contributed by atoms with van der Waals surface area (Å²) >= 11 is 1.18. The molecular formula is C18H15N5O3S. The Balaban J connectivity index is 1.50. The molecule has 27 heavy (non-hydrogen) atoms. The molecule has 3 heterocycles. The van der Waals surface area contributed by atoms with E-state index in [1.165, 1.54) is 16.7 Å². The van der Waals surface area contributed by atoms with Crippen LogP contribution < -0.4 is 9.64 Å². The number of amides is 2. The largest absolute Gasteiger partial charge is 0.497 e. The lowest BCUT2D eigenvalue weighted by molar-refractivity contribution is -0.121. The van der Waals surface area contributed by atoms with Crippen LogP contribution in [-0.2, 0) is 9.59 Å². The fourth-order valence-corrected chi connectivity index (χ4v) is 3.69. The molecule has 1 unspecified atom stereocenters. The number of carbonyl (C=O) groups is 2. The third-order valence-electron chi connectivity index (χ3n) is 4.10. The number of hydrogen-bond acceptors (Lipinski definition) is 7. The average Bonchev–Trinajstić information content (AvgIpc) is 3.27. The van der Waals surface area contributed by atoms with Gasteiger partial charge < -0.3 is 4.74 Å². The van der Waals surface area contributed by atoms with Crippen LogP contribution >= 0.6 is 11.8 Å². The van der Waals surface area contributed by atoms with Gasteiger partial charge in [0, 0.05) is 24.4 Å². The number of hydrogen-bond donors (Lipinski definition) is 1. The Kier molecular flexibility index (Phi) is 4.59. The molecule has 0 spiro atoms. The van der Waals surface area contributed by atoms with Gasteiger partial charge in [-0.05, 0) is 36.4 Å². The summed E-state index contributed by atoms with van der Waals surface area (Å²) in [5, 5.41) is 6.85. The number of rotatable bonds is 5. The molecule has 1 atom stereocenters. The Morgan fingerprint density at radius 1 is 1.15 bits per heavy atom. The fourth-order valence-electron chi connectivity index (χ4n) is 2.76.